The minimum absolute atomic E-state index is 0.626. The zero-order chi connectivity index (χ0) is 10.6. The Morgan fingerprint density at radius 3 is 2.36 bits per heavy atom. The van der Waals surface area contributed by atoms with E-state index in [-0.39, 0.29) is 0 Å². The summed E-state index contributed by atoms with van der Waals surface area (Å²) in [5.74, 6) is 1.76. The smallest absolute Gasteiger partial charge is 0.00148 e. The average Bonchev–Trinajstić information content (AvgIpc) is 2.21. The van der Waals surface area contributed by atoms with Gasteiger partial charge in [0.1, 0.15) is 0 Å². The van der Waals surface area contributed by atoms with E-state index in [1.807, 2.05) is 0 Å². The third-order valence-electron chi connectivity index (χ3n) is 3.80. The second-order valence-electron chi connectivity index (χ2n) is 5.25. The zero-order valence-corrected chi connectivity index (χ0v) is 10.8. The molecule has 0 aromatic rings. The molecule has 0 aromatic carbocycles. The monoisotopic (exact) mass is 215 g/mol. The first kappa shape index (κ1) is 12.4. The van der Waals surface area contributed by atoms with Gasteiger partial charge < -0.3 is 4.90 Å². The Bertz CT molecular complexity index is 162. The van der Waals surface area contributed by atoms with E-state index in [0.717, 1.165) is 11.7 Å². The number of hydrogen-bond acceptors (Lipinski definition) is 2. The predicted octanol–water partition coefficient (Wildman–Crippen LogP) is 3.06. The van der Waals surface area contributed by atoms with Crippen molar-refractivity contribution in [3.63, 3.8) is 0 Å². The molecular formula is C12H25NS. The van der Waals surface area contributed by atoms with Crippen molar-refractivity contribution >= 4 is 12.6 Å². The standard InChI is InChI=1S/C12H25NS/c1-4-12(3)5-7-13(8-6-12)9-11(2)10-14/h11,14H,4-10H2,1-3H3. The van der Waals surface area contributed by atoms with E-state index in [0.29, 0.717) is 5.41 Å². The number of hydrogen-bond donors (Lipinski definition) is 1. The summed E-state index contributed by atoms with van der Waals surface area (Å²) in [5, 5.41) is 0. The second kappa shape index (κ2) is 5.41. The first-order valence-electron chi connectivity index (χ1n) is 5.93. The van der Waals surface area contributed by atoms with E-state index in [1.165, 1.54) is 38.9 Å². The molecule has 0 spiro atoms. The summed E-state index contributed by atoms with van der Waals surface area (Å²) in [6, 6.07) is 0. The van der Waals surface area contributed by atoms with Gasteiger partial charge in [0, 0.05) is 6.54 Å². The average molecular weight is 215 g/mol. The van der Waals surface area contributed by atoms with E-state index >= 15 is 0 Å². The quantitative estimate of drug-likeness (QED) is 0.705. The van der Waals surface area contributed by atoms with Crippen LogP contribution in [-0.2, 0) is 0 Å². The third kappa shape index (κ3) is 3.47. The Labute approximate surface area is 94.7 Å². The fourth-order valence-corrected chi connectivity index (χ4v) is 2.24. The molecule has 0 aromatic heterocycles. The highest BCUT2D eigenvalue weighted by atomic mass is 32.1. The van der Waals surface area contributed by atoms with Gasteiger partial charge in [0.15, 0.2) is 0 Å². The molecule has 1 aliphatic rings. The lowest BCUT2D eigenvalue weighted by Gasteiger charge is -2.39. The van der Waals surface area contributed by atoms with Crippen LogP contribution >= 0.6 is 12.6 Å². The maximum atomic E-state index is 4.34. The Balaban J connectivity index is 2.29. The Morgan fingerprint density at radius 1 is 1.36 bits per heavy atom. The van der Waals surface area contributed by atoms with E-state index in [2.05, 4.69) is 38.3 Å². The molecule has 1 atom stereocenters. The zero-order valence-electron chi connectivity index (χ0n) is 9.92. The van der Waals surface area contributed by atoms with Crippen LogP contribution in [0.4, 0.5) is 0 Å². The molecule has 0 N–H and O–H groups in total. The van der Waals surface area contributed by atoms with Gasteiger partial charge >= 0.3 is 0 Å². The van der Waals surface area contributed by atoms with Crippen molar-refractivity contribution in [1.29, 1.82) is 0 Å². The van der Waals surface area contributed by atoms with Crippen LogP contribution in [0.5, 0.6) is 0 Å². The number of likely N-dealkylation sites (tertiary alicyclic amines) is 1. The highest BCUT2D eigenvalue weighted by Crippen LogP contribution is 2.33. The second-order valence-corrected chi connectivity index (χ2v) is 5.62. The molecule has 0 aliphatic carbocycles. The fourth-order valence-electron chi connectivity index (χ4n) is 2.13. The molecule has 1 rings (SSSR count). The molecule has 2 heteroatoms. The topological polar surface area (TPSA) is 3.24 Å². The van der Waals surface area contributed by atoms with Gasteiger partial charge in [-0.2, -0.15) is 12.6 Å². The molecule has 1 aliphatic heterocycles. The Morgan fingerprint density at radius 2 is 1.93 bits per heavy atom. The maximum Gasteiger partial charge on any atom is 0.00148 e. The minimum atomic E-state index is 0.626. The number of piperidine rings is 1. The molecule has 0 saturated carbocycles. The Kier molecular flexibility index (Phi) is 4.78. The minimum Gasteiger partial charge on any atom is -0.303 e. The molecule has 0 radical (unpaired) electrons. The van der Waals surface area contributed by atoms with Gasteiger partial charge in [0.2, 0.25) is 0 Å². The van der Waals surface area contributed by atoms with Crippen LogP contribution in [0.25, 0.3) is 0 Å². The lowest BCUT2D eigenvalue weighted by atomic mass is 9.78. The largest absolute Gasteiger partial charge is 0.303 e. The summed E-state index contributed by atoms with van der Waals surface area (Å²) < 4.78 is 0. The van der Waals surface area contributed by atoms with Crippen molar-refractivity contribution in [2.45, 2.75) is 40.0 Å². The van der Waals surface area contributed by atoms with Crippen molar-refractivity contribution in [3.8, 4) is 0 Å². The molecule has 84 valence electrons. The maximum absolute atomic E-state index is 4.34. The van der Waals surface area contributed by atoms with Crippen molar-refractivity contribution in [1.82, 2.24) is 4.90 Å². The van der Waals surface area contributed by atoms with E-state index < -0.39 is 0 Å². The van der Waals surface area contributed by atoms with Crippen molar-refractivity contribution in [3.05, 3.63) is 0 Å². The molecule has 0 bridgehead atoms. The lowest BCUT2D eigenvalue weighted by molar-refractivity contribution is 0.106. The molecule has 1 nitrogen and oxygen atoms in total. The third-order valence-corrected chi connectivity index (χ3v) is 4.42. The Hall–Kier alpha value is 0.310. The van der Waals surface area contributed by atoms with Gasteiger partial charge in [-0.05, 0) is 43.0 Å². The van der Waals surface area contributed by atoms with Crippen LogP contribution in [-0.4, -0.2) is 30.3 Å². The number of nitrogens with zero attached hydrogens (tertiary/aromatic N) is 1. The number of rotatable bonds is 4. The molecular weight excluding hydrogens is 190 g/mol. The number of thiol groups is 1. The van der Waals surface area contributed by atoms with Crippen LogP contribution in [0.3, 0.4) is 0 Å². The summed E-state index contributed by atoms with van der Waals surface area (Å²) >= 11 is 4.34. The van der Waals surface area contributed by atoms with E-state index in [9.17, 15) is 0 Å². The van der Waals surface area contributed by atoms with E-state index in [1.54, 1.807) is 0 Å². The molecule has 1 saturated heterocycles. The van der Waals surface area contributed by atoms with Crippen LogP contribution in [0.1, 0.15) is 40.0 Å². The molecule has 1 heterocycles. The van der Waals surface area contributed by atoms with Gasteiger partial charge in [0.05, 0.1) is 0 Å². The molecule has 1 fully saturated rings. The van der Waals surface area contributed by atoms with Gasteiger partial charge in [-0.15, -0.1) is 0 Å². The van der Waals surface area contributed by atoms with Crippen LogP contribution in [0, 0.1) is 11.3 Å². The van der Waals surface area contributed by atoms with Gasteiger partial charge in [-0.3, -0.25) is 0 Å². The molecule has 1 unspecified atom stereocenters. The van der Waals surface area contributed by atoms with Crippen LogP contribution in [0.2, 0.25) is 0 Å². The van der Waals surface area contributed by atoms with Gasteiger partial charge in [-0.25, -0.2) is 0 Å². The molecule has 0 amide bonds. The highest BCUT2D eigenvalue weighted by Gasteiger charge is 2.28. The van der Waals surface area contributed by atoms with E-state index in [4.69, 9.17) is 0 Å². The summed E-state index contributed by atoms with van der Waals surface area (Å²) in [6.45, 7) is 10.9. The van der Waals surface area contributed by atoms with Crippen LogP contribution < -0.4 is 0 Å². The lowest BCUT2D eigenvalue weighted by Crippen LogP contribution is -2.40. The van der Waals surface area contributed by atoms with Crippen LogP contribution in [0.15, 0.2) is 0 Å². The van der Waals surface area contributed by atoms with Gasteiger partial charge in [-0.1, -0.05) is 27.2 Å². The van der Waals surface area contributed by atoms with Crippen molar-refractivity contribution in [2.24, 2.45) is 11.3 Å². The van der Waals surface area contributed by atoms with Crippen molar-refractivity contribution < 1.29 is 0 Å². The molecule has 14 heavy (non-hydrogen) atoms. The fraction of sp³-hybridized carbons (Fsp3) is 1.00. The SMILES string of the molecule is CCC1(C)CCN(CC(C)CS)CC1. The summed E-state index contributed by atoms with van der Waals surface area (Å²) in [7, 11) is 0. The first-order valence-corrected chi connectivity index (χ1v) is 6.56. The summed E-state index contributed by atoms with van der Waals surface area (Å²) in [4.78, 5) is 2.61. The summed E-state index contributed by atoms with van der Waals surface area (Å²) in [6.07, 6.45) is 4.09. The first-order chi connectivity index (χ1) is 6.59. The van der Waals surface area contributed by atoms with Crippen molar-refractivity contribution in [2.75, 3.05) is 25.4 Å². The predicted molar refractivity (Wildman–Crippen MR) is 67.1 cm³/mol. The summed E-state index contributed by atoms with van der Waals surface area (Å²) in [5.41, 5.74) is 0.626. The van der Waals surface area contributed by atoms with Gasteiger partial charge in [0.25, 0.3) is 0 Å². The normalized spacial score (nSPS) is 24.9. The highest BCUT2D eigenvalue weighted by molar-refractivity contribution is 7.80.